The molecule has 0 aromatic carbocycles. The minimum absolute atomic E-state index is 0.0436. The Morgan fingerprint density at radius 3 is 2.80 bits per heavy atom. The van der Waals surface area contributed by atoms with Crippen LogP contribution < -0.4 is 10.6 Å². The standard InChI is InChI=1S/C12H11BrFN5O/c1-2-15-11-10(14)7(3-4-16-11)12(20)19-9-6-17-8(13)5-18-9/h3-6H,2H2,1H3,(H,15,16)(H,18,19,20). The third-order valence-corrected chi connectivity index (χ3v) is 2.75. The summed E-state index contributed by atoms with van der Waals surface area (Å²) in [4.78, 5) is 23.7. The number of pyridine rings is 1. The molecule has 0 bridgehead atoms. The summed E-state index contributed by atoms with van der Waals surface area (Å²) >= 11 is 3.13. The van der Waals surface area contributed by atoms with E-state index in [1.54, 1.807) is 0 Å². The number of hydrogen-bond acceptors (Lipinski definition) is 5. The number of amides is 1. The van der Waals surface area contributed by atoms with Crippen LogP contribution >= 0.6 is 15.9 Å². The normalized spacial score (nSPS) is 10.2. The predicted octanol–water partition coefficient (Wildman–Crippen LogP) is 2.46. The lowest BCUT2D eigenvalue weighted by molar-refractivity contribution is 0.102. The Hall–Kier alpha value is -2.09. The van der Waals surface area contributed by atoms with Crippen LogP contribution in [0.3, 0.4) is 0 Å². The molecule has 1 amide bonds. The van der Waals surface area contributed by atoms with E-state index in [1.807, 2.05) is 6.92 Å². The summed E-state index contributed by atoms with van der Waals surface area (Å²) in [6.45, 7) is 2.32. The average Bonchev–Trinajstić information content (AvgIpc) is 2.44. The van der Waals surface area contributed by atoms with Gasteiger partial charge in [0.05, 0.1) is 18.0 Å². The van der Waals surface area contributed by atoms with Crippen molar-refractivity contribution < 1.29 is 9.18 Å². The summed E-state index contributed by atoms with van der Waals surface area (Å²) in [5.41, 5.74) is -0.110. The Labute approximate surface area is 123 Å². The summed E-state index contributed by atoms with van der Waals surface area (Å²) in [5.74, 6) is -1.03. The summed E-state index contributed by atoms with van der Waals surface area (Å²) in [5, 5.41) is 5.21. The first-order valence-corrected chi connectivity index (χ1v) is 6.58. The highest BCUT2D eigenvalue weighted by atomic mass is 79.9. The average molecular weight is 340 g/mol. The van der Waals surface area contributed by atoms with E-state index in [4.69, 9.17) is 0 Å². The molecule has 2 aromatic rings. The Balaban J connectivity index is 2.21. The van der Waals surface area contributed by atoms with Crippen molar-refractivity contribution in [1.82, 2.24) is 15.0 Å². The van der Waals surface area contributed by atoms with Crippen LogP contribution in [0.5, 0.6) is 0 Å². The predicted molar refractivity (Wildman–Crippen MR) is 76.0 cm³/mol. The molecule has 0 radical (unpaired) electrons. The highest BCUT2D eigenvalue weighted by Gasteiger charge is 2.16. The number of aromatic nitrogens is 3. The molecule has 20 heavy (non-hydrogen) atoms. The Kier molecular flexibility index (Phi) is 4.57. The Bertz CT molecular complexity index is 620. The molecular formula is C12H11BrFN5O. The van der Waals surface area contributed by atoms with E-state index in [-0.39, 0.29) is 17.2 Å². The second-order valence-corrected chi connectivity index (χ2v) is 4.54. The fraction of sp³-hybridized carbons (Fsp3) is 0.167. The maximum absolute atomic E-state index is 14.0. The molecule has 104 valence electrons. The molecule has 0 saturated carbocycles. The molecular weight excluding hydrogens is 329 g/mol. The van der Waals surface area contributed by atoms with Crippen LogP contribution in [-0.2, 0) is 0 Å². The van der Waals surface area contributed by atoms with E-state index >= 15 is 0 Å². The van der Waals surface area contributed by atoms with Gasteiger partial charge in [0.25, 0.3) is 5.91 Å². The van der Waals surface area contributed by atoms with Crippen LogP contribution in [0.15, 0.2) is 29.3 Å². The van der Waals surface area contributed by atoms with Gasteiger partial charge < -0.3 is 10.6 Å². The van der Waals surface area contributed by atoms with Gasteiger partial charge in [-0.05, 0) is 28.9 Å². The van der Waals surface area contributed by atoms with Gasteiger partial charge in [0.15, 0.2) is 17.5 Å². The lowest BCUT2D eigenvalue weighted by atomic mass is 10.2. The fourth-order valence-corrected chi connectivity index (χ4v) is 1.68. The number of nitrogens with zero attached hydrogens (tertiary/aromatic N) is 3. The summed E-state index contributed by atoms with van der Waals surface area (Å²) in [6, 6.07) is 1.30. The molecule has 2 heterocycles. The highest BCUT2D eigenvalue weighted by molar-refractivity contribution is 9.10. The third-order valence-electron chi connectivity index (χ3n) is 2.34. The first kappa shape index (κ1) is 14.3. The molecule has 2 N–H and O–H groups in total. The van der Waals surface area contributed by atoms with Crippen molar-refractivity contribution in [2.24, 2.45) is 0 Å². The van der Waals surface area contributed by atoms with Crippen molar-refractivity contribution in [2.45, 2.75) is 6.92 Å². The first-order chi connectivity index (χ1) is 9.61. The minimum Gasteiger partial charge on any atom is -0.368 e. The highest BCUT2D eigenvalue weighted by Crippen LogP contribution is 2.16. The molecule has 2 rings (SSSR count). The van der Waals surface area contributed by atoms with Crippen LogP contribution in [-0.4, -0.2) is 27.4 Å². The van der Waals surface area contributed by atoms with E-state index in [0.29, 0.717) is 11.1 Å². The number of carbonyl (C=O) groups excluding carboxylic acids is 1. The monoisotopic (exact) mass is 339 g/mol. The van der Waals surface area contributed by atoms with E-state index in [9.17, 15) is 9.18 Å². The van der Waals surface area contributed by atoms with Gasteiger partial charge in [-0.25, -0.2) is 19.3 Å². The molecule has 0 spiro atoms. The van der Waals surface area contributed by atoms with Crippen molar-refractivity contribution in [3.05, 3.63) is 40.6 Å². The van der Waals surface area contributed by atoms with Gasteiger partial charge in [-0.3, -0.25) is 4.79 Å². The number of hydrogen-bond donors (Lipinski definition) is 2. The maximum atomic E-state index is 14.0. The number of nitrogens with one attached hydrogen (secondary N) is 2. The van der Waals surface area contributed by atoms with Gasteiger partial charge in [-0.15, -0.1) is 0 Å². The molecule has 0 saturated heterocycles. The SMILES string of the molecule is CCNc1nccc(C(=O)Nc2cnc(Br)cn2)c1F. The molecule has 2 aromatic heterocycles. The summed E-state index contributed by atoms with van der Waals surface area (Å²) in [6.07, 6.45) is 4.16. The second-order valence-electron chi connectivity index (χ2n) is 3.73. The maximum Gasteiger partial charge on any atom is 0.260 e. The van der Waals surface area contributed by atoms with Crippen LogP contribution in [0.2, 0.25) is 0 Å². The van der Waals surface area contributed by atoms with Gasteiger partial charge in [0.2, 0.25) is 0 Å². The number of anilines is 2. The fourth-order valence-electron chi connectivity index (χ4n) is 1.47. The van der Waals surface area contributed by atoms with Crippen molar-refractivity contribution in [1.29, 1.82) is 0 Å². The van der Waals surface area contributed by atoms with Crippen LogP contribution in [0.25, 0.3) is 0 Å². The number of carbonyl (C=O) groups is 1. The molecule has 0 unspecified atom stereocenters. The summed E-state index contributed by atoms with van der Waals surface area (Å²) < 4.78 is 14.6. The Morgan fingerprint density at radius 2 is 2.15 bits per heavy atom. The molecule has 0 aliphatic rings. The molecule has 0 aliphatic carbocycles. The number of rotatable bonds is 4. The largest absolute Gasteiger partial charge is 0.368 e. The zero-order valence-electron chi connectivity index (χ0n) is 10.5. The molecule has 6 nitrogen and oxygen atoms in total. The van der Waals surface area contributed by atoms with E-state index in [2.05, 4.69) is 41.5 Å². The molecule has 0 atom stereocenters. The lowest BCUT2D eigenvalue weighted by Crippen LogP contribution is -2.16. The topological polar surface area (TPSA) is 79.8 Å². The molecule has 0 fully saturated rings. The van der Waals surface area contributed by atoms with Crippen molar-refractivity contribution in [2.75, 3.05) is 17.2 Å². The van der Waals surface area contributed by atoms with Gasteiger partial charge in [-0.1, -0.05) is 0 Å². The minimum atomic E-state index is -0.697. The van der Waals surface area contributed by atoms with Crippen molar-refractivity contribution >= 4 is 33.5 Å². The zero-order valence-corrected chi connectivity index (χ0v) is 12.1. The zero-order chi connectivity index (χ0) is 14.5. The van der Waals surface area contributed by atoms with Crippen LogP contribution in [0.4, 0.5) is 16.0 Å². The van der Waals surface area contributed by atoms with Crippen molar-refractivity contribution in [3.8, 4) is 0 Å². The molecule has 0 aliphatic heterocycles. The first-order valence-electron chi connectivity index (χ1n) is 5.79. The molecule has 8 heteroatoms. The van der Waals surface area contributed by atoms with Gasteiger partial charge in [-0.2, -0.15) is 0 Å². The van der Waals surface area contributed by atoms with E-state index < -0.39 is 11.7 Å². The third kappa shape index (κ3) is 3.27. The Morgan fingerprint density at radius 1 is 1.35 bits per heavy atom. The quantitative estimate of drug-likeness (QED) is 0.894. The second kappa shape index (κ2) is 6.38. The van der Waals surface area contributed by atoms with Gasteiger partial charge >= 0.3 is 0 Å². The van der Waals surface area contributed by atoms with Gasteiger partial charge in [0, 0.05) is 12.7 Å². The van der Waals surface area contributed by atoms with E-state index in [1.165, 1.54) is 24.7 Å². The smallest absolute Gasteiger partial charge is 0.260 e. The van der Waals surface area contributed by atoms with Crippen LogP contribution in [0, 0.1) is 5.82 Å². The van der Waals surface area contributed by atoms with Crippen LogP contribution in [0.1, 0.15) is 17.3 Å². The summed E-state index contributed by atoms with van der Waals surface area (Å²) in [7, 11) is 0. The number of halogens is 2. The van der Waals surface area contributed by atoms with Gasteiger partial charge in [0.1, 0.15) is 4.60 Å². The van der Waals surface area contributed by atoms with Crippen molar-refractivity contribution in [3.63, 3.8) is 0 Å². The lowest BCUT2D eigenvalue weighted by Gasteiger charge is -2.08. The van der Waals surface area contributed by atoms with E-state index in [0.717, 1.165) is 0 Å².